The van der Waals surface area contributed by atoms with Crippen LogP contribution in [0.4, 0.5) is 4.79 Å². The van der Waals surface area contributed by atoms with Crippen LogP contribution < -0.4 is 0 Å². The van der Waals surface area contributed by atoms with Crippen molar-refractivity contribution < 1.29 is 14.7 Å². The van der Waals surface area contributed by atoms with Crippen LogP contribution in [0.3, 0.4) is 0 Å². The van der Waals surface area contributed by atoms with Crippen LogP contribution in [0.25, 0.3) is 0 Å². The monoisotopic (exact) mass is 242 g/mol. The lowest BCUT2D eigenvalue weighted by Gasteiger charge is -2.33. The Morgan fingerprint density at radius 1 is 1.47 bits per heavy atom. The second-order valence-corrected chi connectivity index (χ2v) is 4.75. The molecule has 0 radical (unpaired) electrons. The molecule has 1 atom stereocenters. The minimum Gasteiger partial charge on any atom is -0.481 e. The van der Waals surface area contributed by atoms with Crippen molar-refractivity contribution in [1.82, 2.24) is 9.80 Å². The lowest BCUT2D eigenvalue weighted by atomic mass is 10.1. The van der Waals surface area contributed by atoms with Gasteiger partial charge >= 0.3 is 12.0 Å². The standard InChI is InChI=1S/C12H22N2O3/c1-4-13(9(2)3)12(17)14-7-5-6-10(14)8-11(15)16/h9-10H,4-8H2,1-3H3,(H,15,16). The van der Waals surface area contributed by atoms with E-state index in [-0.39, 0.29) is 24.5 Å². The Morgan fingerprint density at radius 2 is 2.12 bits per heavy atom. The zero-order chi connectivity index (χ0) is 13.0. The van der Waals surface area contributed by atoms with Crippen LogP contribution in [0.15, 0.2) is 0 Å². The van der Waals surface area contributed by atoms with Crippen molar-refractivity contribution in [2.45, 2.75) is 52.1 Å². The van der Waals surface area contributed by atoms with Crippen LogP contribution >= 0.6 is 0 Å². The average molecular weight is 242 g/mol. The molecule has 1 aliphatic heterocycles. The molecule has 0 aromatic heterocycles. The number of likely N-dealkylation sites (tertiary alicyclic amines) is 1. The summed E-state index contributed by atoms with van der Waals surface area (Å²) in [5.74, 6) is -0.831. The summed E-state index contributed by atoms with van der Waals surface area (Å²) < 4.78 is 0. The number of nitrogens with zero attached hydrogens (tertiary/aromatic N) is 2. The van der Waals surface area contributed by atoms with Crippen molar-refractivity contribution in [2.24, 2.45) is 0 Å². The van der Waals surface area contributed by atoms with E-state index in [4.69, 9.17) is 5.11 Å². The zero-order valence-electron chi connectivity index (χ0n) is 10.8. The Morgan fingerprint density at radius 3 is 2.59 bits per heavy atom. The summed E-state index contributed by atoms with van der Waals surface area (Å²) in [7, 11) is 0. The first-order valence-electron chi connectivity index (χ1n) is 6.26. The van der Waals surface area contributed by atoms with E-state index in [2.05, 4.69) is 0 Å². The molecule has 1 unspecified atom stereocenters. The first kappa shape index (κ1) is 13.8. The lowest BCUT2D eigenvalue weighted by Crippen LogP contribution is -2.48. The fourth-order valence-corrected chi connectivity index (χ4v) is 2.39. The number of aliphatic carboxylic acids is 1. The number of rotatable bonds is 4. The summed E-state index contributed by atoms with van der Waals surface area (Å²) in [6.07, 6.45) is 1.76. The van der Waals surface area contributed by atoms with Gasteiger partial charge in [0.1, 0.15) is 0 Å². The van der Waals surface area contributed by atoms with Crippen molar-refractivity contribution in [3.8, 4) is 0 Å². The Labute approximate surface area is 102 Å². The predicted octanol–water partition coefficient (Wildman–Crippen LogP) is 1.78. The van der Waals surface area contributed by atoms with Gasteiger partial charge in [0.15, 0.2) is 0 Å². The molecule has 98 valence electrons. The average Bonchev–Trinajstić information content (AvgIpc) is 2.65. The molecule has 0 aromatic rings. The van der Waals surface area contributed by atoms with E-state index < -0.39 is 5.97 Å². The number of amides is 2. The van der Waals surface area contributed by atoms with Gasteiger partial charge in [-0.1, -0.05) is 0 Å². The SMILES string of the molecule is CCN(C(=O)N1CCCC1CC(=O)O)C(C)C. The molecule has 1 fully saturated rings. The van der Waals surface area contributed by atoms with Gasteiger partial charge in [0.25, 0.3) is 0 Å². The summed E-state index contributed by atoms with van der Waals surface area (Å²) in [5.41, 5.74) is 0. The maximum atomic E-state index is 12.3. The van der Waals surface area contributed by atoms with Crippen molar-refractivity contribution in [3.63, 3.8) is 0 Å². The van der Waals surface area contributed by atoms with Gasteiger partial charge in [0.05, 0.1) is 6.42 Å². The first-order chi connectivity index (χ1) is 7.97. The highest BCUT2D eigenvalue weighted by molar-refractivity contribution is 5.76. The van der Waals surface area contributed by atoms with E-state index in [1.165, 1.54) is 0 Å². The highest BCUT2D eigenvalue weighted by Crippen LogP contribution is 2.22. The van der Waals surface area contributed by atoms with Gasteiger partial charge < -0.3 is 14.9 Å². The Hall–Kier alpha value is -1.26. The van der Waals surface area contributed by atoms with E-state index in [1.807, 2.05) is 20.8 Å². The van der Waals surface area contributed by atoms with Crippen LogP contribution in [0.5, 0.6) is 0 Å². The van der Waals surface area contributed by atoms with E-state index in [1.54, 1.807) is 9.80 Å². The Kier molecular flexibility index (Phi) is 4.78. The van der Waals surface area contributed by atoms with Crippen LogP contribution in [0.2, 0.25) is 0 Å². The molecular formula is C12H22N2O3. The first-order valence-corrected chi connectivity index (χ1v) is 6.26. The largest absolute Gasteiger partial charge is 0.481 e. The van der Waals surface area contributed by atoms with Crippen LogP contribution in [0.1, 0.15) is 40.0 Å². The molecule has 1 aliphatic rings. The Balaban J connectivity index is 2.69. The second kappa shape index (κ2) is 5.89. The molecular weight excluding hydrogens is 220 g/mol. The van der Waals surface area contributed by atoms with E-state index in [9.17, 15) is 9.59 Å². The van der Waals surface area contributed by atoms with E-state index in [0.717, 1.165) is 12.8 Å². The molecule has 0 saturated carbocycles. The molecule has 17 heavy (non-hydrogen) atoms. The predicted molar refractivity (Wildman–Crippen MR) is 64.9 cm³/mol. The molecule has 0 aromatic carbocycles. The summed E-state index contributed by atoms with van der Waals surface area (Å²) >= 11 is 0. The third kappa shape index (κ3) is 3.35. The minimum absolute atomic E-state index is 0.0220. The minimum atomic E-state index is -0.831. The fraction of sp³-hybridized carbons (Fsp3) is 0.833. The summed E-state index contributed by atoms with van der Waals surface area (Å²) in [4.78, 5) is 26.5. The maximum Gasteiger partial charge on any atom is 0.320 e. The summed E-state index contributed by atoms with van der Waals surface area (Å²) in [6.45, 7) is 7.24. The third-order valence-electron chi connectivity index (χ3n) is 3.24. The third-order valence-corrected chi connectivity index (χ3v) is 3.24. The van der Waals surface area contributed by atoms with Crippen molar-refractivity contribution in [1.29, 1.82) is 0 Å². The lowest BCUT2D eigenvalue weighted by molar-refractivity contribution is -0.138. The molecule has 5 heteroatoms. The van der Waals surface area contributed by atoms with Gasteiger partial charge in [-0.25, -0.2) is 4.79 Å². The topological polar surface area (TPSA) is 60.9 Å². The summed E-state index contributed by atoms with van der Waals surface area (Å²) in [6, 6.07) is -0.00220. The number of carbonyl (C=O) groups is 2. The van der Waals surface area contributed by atoms with Gasteiger partial charge in [0, 0.05) is 25.2 Å². The van der Waals surface area contributed by atoms with Gasteiger partial charge in [-0.05, 0) is 33.6 Å². The smallest absolute Gasteiger partial charge is 0.320 e. The van der Waals surface area contributed by atoms with Crippen LogP contribution in [0, 0.1) is 0 Å². The highest BCUT2D eigenvalue weighted by Gasteiger charge is 2.33. The number of hydrogen-bond donors (Lipinski definition) is 1. The van der Waals surface area contributed by atoms with Crippen LogP contribution in [-0.2, 0) is 4.79 Å². The molecule has 2 amide bonds. The molecule has 1 heterocycles. The van der Waals surface area contributed by atoms with Gasteiger partial charge in [-0.15, -0.1) is 0 Å². The van der Waals surface area contributed by atoms with Crippen molar-refractivity contribution in [3.05, 3.63) is 0 Å². The zero-order valence-corrected chi connectivity index (χ0v) is 10.8. The quantitative estimate of drug-likeness (QED) is 0.817. The molecule has 1 saturated heterocycles. The maximum absolute atomic E-state index is 12.3. The van der Waals surface area contributed by atoms with Crippen molar-refractivity contribution in [2.75, 3.05) is 13.1 Å². The molecule has 0 spiro atoms. The number of carbonyl (C=O) groups excluding carboxylic acids is 1. The van der Waals surface area contributed by atoms with Crippen molar-refractivity contribution >= 4 is 12.0 Å². The normalized spacial score (nSPS) is 19.8. The van der Waals surface area contributed by atoms with Gasteiger partial charge in [-0.2, -0.15) is 0 Å². The van der Waals surface area contributed by atoms with Gasteiger partial charge in [0.2, 0.25) is 0 Å². The van der Waals surface area contributed by atoms with E-state index >= 15 is 0 Å². The summed E-state index contributed by atoms with van der Waals surface area (Å²) in [5, 5.41) is 8.83. The van der Waals surface area contributed by atoms with Crippen LogP contribution in [-0.4, -0.2) is 52.1 Å². The Bertz CT molecular complexity index is 291. The second-order valence-electron chi connectivity index (χ2n) is 4.75. The van der Waals surface area contributed by atoms with E-state index in [0.29, 0.717) is 13.1 Å². The number of urea groups is 1. The fourth-order valence-electron chi connectivity index (χ4n) is 2.39. The van der Waals surface area contributed by atoms with Gasteiger partial charge in [-0.3, -0.25) is 4.79 Å². The molecule has 1 N–H and O–H groups in total. The molecule has 5 nitrogen and oxygen atoms in total. The number of carboxylic acid groups (broad SMARTS) is 1. The molecule has 0 aliphatic carbocycles. The molecule has 0 bridgehead atoms. The number of carboxylic acids is 1. The highest BCUT2D eigenvalue weighted by atomic mass is 16.4. The molecule has 1 rings (SSSR count). The number of hydrogen-bond acceptors (Lipinski definition) is 2.